The van der Waals surface area contributed by atoms with E-state index in [2.05, 4.69) is 5.32 Å². The Bertz CT molecular complexity index is 1310. The highest BCUT2D eigenvalue weighted by atomic mass is 16.5. The van der Waals surface area contributed by atoms with E-state index in [0.717, 1.165) is 4.90 Å². The van der Waals surface area contributed by atoms with Crippen LogP contribution < -0.4 is 15.0 Å². The second-order valence-corrected chi connectivity index (χ2v) is 6.90. The Morgan fingerprint density at radius 1 is 0.938 bits per heavy atom. The molecule has 1 aliphatic rings. The molecule has 0 saturated carbocycles. The number of benzene rings is 3. The Hall–Kier alpha value is -4.70. The maximum absolute atomic E-state index is 13.1. The smallest absolute Gasteiger partial charge is 0.267 e. The molecule has 7 heteroatoms. The molecule has 156 valence electrons. The number of hydrogen-bond acceptors (Lipinski definition) is 5. The number of hydrogen-bond donors (Lipinski definition) is 1. The van der Waals surface area contributed by atoms with Gasteiger partial charge in [0.25, 0.3) is 11.8 Å². The first-order valence-corrected chi connectivity index (χ1v) is 9.73. The van der Waals surface area contributed by atoms with Gasteiger partial charge in [-0.2, -0.15) is 5.26 Å². The van der Waals surface area contributed by atoms with Crippen LogP contribution in [0, 0.1) is 11.3 Å². The number of carbonyl (C=O) groups is 3. The number of para-hydroxylation sites is 4. The standard InChI is InChI=1S/C25H17N3O4/c1-16(29)28-21-13-7-5-11-18(21)23(25(28)31)19(15-26)24(30)27-20-12-6-8-14-22(20)32-17-9-3-2-4-10-17/h2-14H,1H3,(H,27,30)/b23-19-. The van der Waals surface area contributed by atoms with Gasteiger partial charge in [-0.25, -0.2) is 4.90 Å². The molecule has 0 aromatic heterocycles. The number of rotatable bonds is 4. The summed E-state index contributed by atoms with van der Waals surface area (Å²) in [6.07, 6.45) is 0. The fourth-order valence-electron chi connectivity index (χ4n) is 3.45. The third-order valence-electron chi connectivity index (χ3n) is 4.84. The summed E-state index contributed by atoms with van der Waals surface area (Å²) in [6.45, 7) is 1.25. The predicted octanol–water partition coefficient (Wildman–Crippen LogP) is 4.29. The number of nitrogens with one attached hydrogen (secondary N) is 1. The minimum Gasteiger partial charge on any atom is -0.455 e. The largest absolute Gasteiger partial charge is 0.455 e. The van der Waals surface area contributed by atoms with Gasteiger partial charge in [-0.05, 0) is 30.3 Å². The number of nitrogens with zero attached hydrogens (tertiary/aromatic N) is 2. The second-order valence-electron chi connectivity index (χ2n) is 6.90. The molecule has 0 spiro atoms. The van der Waals surface area contributed by atoms with Gasteiger partial charge >= 0.3 is 0 Å². The molecule has 4 rings (SSSR count). The number of imide groups is 1. The van der Waals surface area contributed by atoms with E-state index in [1.165, 1.54) is 6.92 Å². The fourth-order valence-corrected chi connectivity index (χ4v) is 3.45. The van der Waals surface area contributed by atoms with E-state index in [0.29, 0.717) is 28.4 Å². The van der Waals surface area contributed by atoms with E-state index in [4.69, 9.17) is 4.74 Å². The summed E-state index contributed by atoms with van der Waals surface area (Å²) in [5.74, 6) is -1.04. The van der Waals surface area contributed by atoms with Crippen LogP contribution in [-0.2, 0) is 14.4 Å². The zero-order valence-electron chi connectivity index (χ0n) is 17.0. The van der Waals surface area contributed by atoms with E-state index < -0.39 is 17.7 Å². The Morgan fingerprint density at radius 2 is 1.59 bits per heavy atom. The Labute approximate surface area is 184 Å². The highest BCUT2D eigenvalue weighted by Crippen LogP contribution is 2.39. The van der Waals surface area contributed by atoms with Gasteiger partial charge < -0.3 is 10.1 Å². The molecule has 3 amide bonds. The number of nitriles is 1. The fraction of sp³-hybridized carbons (Fsp3) is 0.0400. The van der Waals surface area contributed by atoms with Crippen LogP contribution in [0.25, 0.3) is 5.57 Å². The molecule has 0 unspecified atom stereocenters. The van der Waals surface area contributed by atoms with Crippen molar-refractivity contribution in [1.29, 1.82) is 5.26 Å². The van der Waals surface area contributed by atoms with E-state index in [1.807, 2.05) is 24.3 Å². The molecule has 3 aromatic rings. The van der Waals surface area contributed by atoms with Gasteiger partial charge in [0.05, 0.1) is 16.9 Å². The maximum Gasteiger partial charge on any atom is 0.267 e. The normalized spacial score (nSPS) is 13.8. The molecule has 7 nitrogen and oxygen atoms in total. The minimum atomic E-state index is -0.778. The van der Waals surface area contributed by atoms with Crippen molar-refractivity contribution in [2.45, 2.75) is 6.92 Å². The van der Waals surface area contributed by atoms with Crippen LogP contribution in [0.4, 0.5) is 11.4 Å². The average Bonchev–Trinajstić information content (AvgIpc) is 3.08. The SMILES string of the molecule is CC(=O)N1C(=O)/C(=C(/C#N)C(=O)Nc2ccccc2Oc2ccccc2)c2ccccc21. The highest BCUT2D eigenvalue weighted by molar-refractivity contribution is 6.43. The van der Waals surface area contributed by atoms with Crippen molar-refractivity contribution in [2.75, 3.05) is 10.2 Å². The quantitative estimate of drug-likeness (QED) is 0.499. The summed E-state index contributed by atoms with van der Waals surface area (Å²) in [5, 5.41) is 12.4. The first-order chi connectivity index (χ1) is 15.5. The summed E-state index contributed by atoms with van der Waals surface area (Å²) >= 11 is 0. The van der Waals surface area contributed by atoms with Crippen LogP contribution in [-0.4, -0.2) is 17.7 Å². The maximum atomic E-state index is 13.1. The average molecular weight is 423 g/mol. The third-order valence-corrected chi connectivity index (χ3v) is 4.84. The van der Waals surface area contributed by atoms with Crippen LogP contribution in [0.15, 0.2) is 84.4 Å². The van der Waals surface area contributed by atoms with Crippen molar-refractivity contribution in [2.24, 2.45) is 0 Å². The lowest BCUT2D eigenvalue weighted by molar-refractivity contribution is -0.122. The molecular weight excluding hydrogens is 406 g/mol. The molecule has 0 radical (unpaired) electrons. The lowest BCUT2D eigenvalue weighted by Crippen LogP contribution is -2.31. The van der Waals surface area contributed by atoms with Crippen molar-refractivity contribution in [3.8, 4) is 17.6 Å². The van der Waals surface area contributed by atoms with Crippen molar-refractivity contribution >= 4 is 34.7 Å². The lowest BCUT2D eigenvalue weighted by atomic mass is 10.0. The molecule has 1 heterocycles. The third kappa shape index (κ3) is 3.73. The van der Waals surface area contributed by atoms with Gasteiger partial charge in [-0.1, -0.05) is 48.5 Å². The monoisotopic (exact) mass is 423 g/mol. The summed E-state index contributed by atoms with van der Waals surface area (Å²) in [6, 6.07) is 24.2. The van der Waals surface area contributed by atoms with Crippen molar-refractivity contribution < 1.29 is 19.1 Å². The summed E-state index contributed by atoms with van der Waals surface area (Å²) in [7, 11) is 0. The van der Waals surface area contributed by atoms with Gasteiger partial charge in [0.15, 0.2) is 5.75 Å². The number of fused-ring (bicyclic) bond motifs is 1. The number of ether oxygens (including phenoxy) is 1. The molecule has 1 aliphatic heterocycles. The van der Waals surface area contributed by atoms with Crippen LogP contribution >= 0.6 is 0 Å². The number of amides is 3. The Morgan fingerprint density at radius 3 is 2.31 bits per heavy atom. The van der Waals surface area contributed by atoms with E-state index in [1.54, 1.807) is 60.7 Å². The van der Waals surface area contributed by atoms with E-state index in [-0.39, 0.29) is 11.1 Å². The molecule has 0 fully saturated rings. The Kier molecular flexibility index (Phi) is 5.51. The van der Waals surface area contributed by atoms with Crippen LogP contribution in [0.2, 0.25) is 0 Å². The minimum absolute atomic E-state index is 0.114. The van der Waals surface area contributed by atoms with Gasteiger partial charge in [0.1, 0.15) is 17.4 Å². The molecule has 1 N–H and O–H groups in total. The van der Waals surface area contributed by atoms with Crippen molar-refractivity contribution in [1.82, 2.24) is 0 Å². The van der Waals surface area contributed by atoms with E-state index in [9.17, 15) is 19.6 Å². The van der Waals surface area contributed by atoms with Crippen molar-refractivity contribution in [3.05, 3.63) is 90.0 Å². The Balaban J connectivity index is 1.71. The topological polar surface area (TPSA) is 99.5 Å². The van der Waals surface area contributed by atoms with Crippen molar-refractivity contribution in [3.63, 3.8) is 0 Å². The van der Waals surface area contributed by atoms with Gasteiger partial charge in [-0.3, -0.25) is 14.4 Å². The molecule has 0 aliphatic carbocycles. The van der Waals surface area contributed by atoms with Crippen LogP contribution in [0.3, 0.4) is 0 Å². The molecule has 0 atom stereocenters. The van der Waals surface area contributed by atoms with Gasteiger partial charge in [0, 0.05) is 12.5 Å². The first kappa shape index (κ1) is 20.6. The zero-order valence-corrected chi connectivity index (χ0v) is 17.0. The van der Waals surface area contributed by atoms with Crippen LogP contribution in [0.1, 0.15) is 12.5 Å². The molecule has 0 bridgehead atoms. The van der Waals surface area contributed by atoms with Crippen LogP contribution in [0.5, 0.6) is 11.5 Å². The van der Waals surface area contributed by atoms with Gasteiger partial charge in [-0.15, -0.1) is 0 Å². The molecule has 0 saturated heterocycles. The predicted molar refractivity (Wildman–Crippen MR) is 119 cm³/mol. The van der Waals surface area contributed by atoms with Gasteiger partial charge in [0.2, 0.25) is 5.91 Å². The molecular formula is C25H17N3O4. The highest BCUT2D eigenvalue weighted by Gasteiger charge is 2.38. The molecule has 32 heavy (non-hydrogen) atoms. The number of carbonyl (C=O) groups excluding carboxylic acids is 3. The zero-order chi connectivity index (χ0) is 22.7. The second kappa shape index (κ2) is 8.58. The molecule has 3 aromatic carbocycles. The summed E-state index contributed by atoms with van der Waals surface area (Å²) in [4.78, 5) is 39.0. The lowest BCUT2D eigenvalue weighted by Gasteiger charge is -2.13. The number of anilines is 2. The van der Waals surface area contributed by atoms with E-state index >= 15 is 0 Å². The first-order valence-electron chi connectivity index (χ1n) is 9.73. The summed E-state index contributed by atoms with van der Waals surface area (Å²) < 4.78 is 5.84. The summed E-state index contributed by atoms with van der Waals surface area (Å²) in [5.41, 5.74) is 0.524.